The number of carboxylic acids is 3. The second-order valence-electron chi connectivity index (χ2n) is 4.16. The molecule has 0 amide bonds. The van der Waals surface area contributed by atoms with Crippen molar-refractivity contribution in [3.8, 4) is 0 Å². The fraction of sp³-hybridized carbons (Fsp3) is 0.333. The zero-order chi connectivity index (χ0) is 15.3. The molecule has 1 aliphatic rings. The number of hydrogen-bond acceptors (Lipinski definition) is 5. The summed E-state index contributed by atoms with van der Waals surface area (Å²) in [5.41, 5.74) is 0.212. The first-order chi connectivity index (χ1) is 9.31. The first-order valence-electron chi connectivity index (χ1n) is 5.70. The lowest BCUT2D eigenvalue weighted by atomic mass is 10.00. The van der Waals surface area contributed by atoms with Crippen molar-refractivity contribution in [2.75, 3.05) is 0 Å². The Bertz CT molecular complexity index is 520. The summed E-state index contributed by atoms with van der Waals surface area (Å²) in [6, 6.07) is -1.96. The third kappa shape index (κ3) is 4.23. The van der Waals surface area contributed by atoms with E-state index in [-0.39, 0.29) is 12.1 Å². The van der Waals surface area contributed by atoms with E-state index in [1.165, 1.54) is 25.3 Å². The predicted molar refractivity (Wildman–Crippen MR) is 68.6 cm³/mol. The number of aliphatic imine (C=N–C) groups is 1. The van der Waals surface area contributed by atoms with Crippen LogP contribution >= 0.6 is 0 Å². The Balaban J connectivity index is 2.91. The molecule has 0 fully saturated rings. The monoisotopic (exact) mass is 282 g/mol. The van der Waals surface area contributed by atoms with Gasteiger partial charge in [0.15, 0.2) is 0 Å². The topological polar surface area (TPSA) is 136 Å². The molecule has 0 unspecified atom stereocenters. The molecular formula is C12H14N2O6. The van der Waals surface area contributed by atoms with Crippen molar-refractivity contribution in [2.24, 2.45) is 4.99 Å². The van der Waals surface area contributed by atoms with Crippen LogP contribution < -0.4 is 5.32 Å². The lowest BCUT2D eigenvalue weighted by Crippen LogP contribution is -2.41. The van der Waals surface area contributed by atoms with Gasteiger partial charge >= 0.3 is 17.9 Å². The van der Waals surface area contributed by atoms with Gasteiger partial charge in [0.25, 0.3) is 0 Å². The van der Waals surface area contributed by atoms with Crippen LogP contribution in [0.25, 0.3) is 0 Å². The van der Waals surface area contributed by atoms with Crippen molar-refractivity contribution in [2.45, 2.75) is 25.4 Å². The minimum Gasteiger partial charge on any atom is -0.480 e. The van der Waals surface area contributed by atoms with E-state index in [2.05, 4.69) is 10.3 Å². The highest BCUT2D eigenvalue weighted by atomic mass is 16.4. The molecule has 8 nitrogen and oxygen atoms in total. The number of rotatable bonds is 5. The summed E-state index contributed by atoms with van der Waals surface area (Å²) < 4.78 is 0. The maximum absolute atomic E-state index is 10.9. The van der Waals surface area contributed by atoms with Gasteiger partial charge in [0.05, 0.1) is 0 Å². The third-order valence-corrected chi connectivity index (χ3v) is 2.58. The van der Waals surface area contributed by atoms with Gasteiger partial charge in [-0.15, -0.1) is 0 Å². The highest BCUT2D eigenvalue weighted by molar-refractivity contribution is 5.89. The van der Waals surface area contributed by atoms with Gasteiger partial charge in [-0.05, 0) is 24.6 Å². The van der Waals surface area contributed by atoms with Gasteiger partial charge in [-0.1, -0.05) is 0 Å². The summed E-state index contributed by atoms with van der Waals surface area (Å²) in [5, 5.41) is 28.8. The van der Waals surface area contributed by atoms with Gasteiger partial charge in [-0.3, -0.25) is 4.99 Å². The Labute approximate surface area is 114 Å². The van der Waals surface area contributed by atoms with E-state index in [0.29, 0.717) is 5.57 Å². The zero-order valence-corrected chi connectivity index (χ0v) is 10.6. The number of hydrogen-bond donors (Lipinski definition) is 4. The average Bonchev–Trinajstić information content (AvgIpc) is 2.37. The second-order valence-corrected chi connectivity index (χ2v) is 4.16. The van der Waals surface area contributed by atoms with Crippen LogP contribution in [-0.2, 0) is 14.4 Å². The third-order valence-electron chi connectivity index (χ3n) is 2.58. The number of aliphatic carboxylic acids is 3. The Morgan fingerprint density at radius 1 is 1.40 bits per heavy atom. The smallest absolute Gasteiger partial charge is 0.351 e. The van der Waals surface area contributed by atoms with Gasteiger partial charge < -0.3 is 20.6 Å². The second kappa shape index (κ2) is 6.50. The SMILES string of the molecule is C[C@H](N=C/C=C1\C=C(C(=O)O)N[C@H](C(=O)O)C1)C(=O)O. The van der Waals surface area contributed by atoms with Crippen LogP contribution in [-0.4, -0.2) is 51.5 Å². The maximum atomic E-state index is 10.9. The molecule has 8 heteroatoms. The Hall–Kier alpha value is -2.64. The summed E-state index contributed by atoms with van der Waals surface area (Å²) in [7, 11) is 0. The van der Waals surface area contributed by atoms with E-state index in [1.54, 1.807) is 0 Å². The van der Waals surface area contributed by atoms with Crippen LogP contribution in [0.4, 0.5) is 0 Å². The molecule has 108 valence electrons. The minimum atomic E-state index is -1.27. The molecule has 0 aliphatic carbocycles. The van der Waals surface area contributed by atoms with Crippen LogP contribution in [0.1, 0.15) is 13.3 Å². The van der Waals surface area contributed by atoms with E-state index >= 15 is 0 Å². The fourth-order valence-corrected chi connectivity index (χ4v) is 1.48. The van der Waals surface area contributed by atoms with Crippen molar-refractivity contribution in [1.82, 2.24) is 5.32 Å². The average molecular weight is 282 g/mol. The first kappa shape index (κ1) is 15.4. The summed E-state index contributed by atoms with van der Waals surface area (Å²) in [6.07, 6.45) is 4.01. The van der Waals surface area contributed by atoms with E-state index in [1.807, 2.05) is 0 Å². The highest BCUT2D eigenvalue weighted by Gasteiger charge is 2.26. The highest BCUT2D eigenvalue weighted by Crippen LogP contribution is 2.16. The Morgan fingerprint density at radius 3 is 2.55 bits per heavy atom. The van der Waals surface area contributed by atoms with E-state index < -0.39 is 30.0 Å². The summed E-state index contributed by atoms with van der Waals surface area (Å²) >= 11 is 0. The molecule has 0 spiro atoms. The number of carboxylic acid groups (broad SMARTS) is 3. The molecule has 0 aromatic carbocycles. The zero-order valence-electron chi connectivity index (χ0n) is 10.6. The quantitative estimate of drug-likeness (QED) is 0.515. The number of nitrogens with one attached hydrogen (secondary N) is 1. The van der Waals surface area contributed by atoms with Crippen molar-refractivity contribution < 1.29 is 29.7 Å². The van der Waals surface area contributed by atoms with Crippen LogP contribution in [0.5, 0.6) is 0 Å². The minimum absolute atomic E-state index is 0.0829. The van der Waals surface area contributed by atoms with Gasteiger partial charge in [-0.25, -0.2) is 14.4 Å². The largest absolute Gasteiger partial charge is 0.480 e. The molecule has 0 saturated carbocycles. The molecule has 0 radical (unpaired) electrons. The lowest BCUT2D eigenvalue weighted by molar-refractivity contribution is -0.140. The summed E-state index contributed by atoms with van der Waals surface area (Å²) in [5.74, 6) is -3.52. The van der Waals surface area contributed by atoms with Crippen molar-refractivity contribution in [3.05, 3.63) is 23.4 Å². The van der Waals surface area contributed by atoms with Crippen molar-refractivity contribution in [3.63, 3.8) is 0 Å². The van der Waals surface area contributed by atoms with Crippen LogP contribution in [0.2, 0.25) is 0 Å². The van der Waals surface area contributed by atoms with Gasteiger partial charge in [0.1, 0.15) is 17.8 Å². The molecule has 2 atom stereocenters. The normalized spacial score (nSPS) is 22.1. The van der Waals surface area contributed by atoms with E-state index in [4.69, 9.17) is 15.3 Å². The maximum Gasteiger partial charge on any atom is 0.351 e. The van der Waals surface area contributed by atoms with Gasteiger partial charge in [0.2, 0.25) is 0 Å². The first-order valence-corrected chi connectivity index (χ1v) is 5.70. The van der Waals surface area contributed by atoms with E-state index in [9.17, 15) is 14.4 Å². The summed E-state index contributed by atoms with van der Waals surface area (Å²) in [4.78, 5) is 36.1. The predicted octanol–water partition coefficient (Wildman–Crippen LogP) is -0.128. The summed E-state index contributed by atoms with van der Waals surface area (Å²) in [6.45, 7) is 1.39. The molecule has 1 rings (SSSR count). The fourth-order valence-electron chi connectivity index (χ4n) is 1.48. The molecule has 1 heterocycles. The number of allylic oxidation sites excluding steroid dienone is 2. The van der Waals surface area contributed by atoms with Crippen molar-refractivity contribution in [1.29, 1.82) is 0 Å². The Kier molecular flexibility index (Phi) is 5.01. The van der Waals surface area contributed by atoms with E-state index in [0.717, 1.165) is 0 Å². The molecule has 0 aromatic heterocycles. The standard InChI is InChI=1S/C12H14N2O6/c1-6(10(15)16)13-3-2-7-4-8(11(17)18)14-9(5-7)12(19)20/h2-4,6,9,14H,5H2,1H3,(H,15,16)(H,17,18)(H,19,20)/b7-2+,13-3?/t6-,9-/m0/s1. The molecule has 0 aromatic rings. The molecule has 0 saturated heterocycles. The number of carbonyl (C=O) groups is 3. The van der Waals surface area contributed by atoms with Crippen LogP contribution in [0.3, 0.4) is 0 Å². The van der Waals surface area contributed by atoms with Gasteiger partial charge in [-0.2, -0.15) is 0 Å². The van der Waals surface area contributed by atoms with Gasteiger partial charge in [0, 0.05) is 12.6 Å². The van der Waals surface area contributed by atoms with Crippen LogP contribution in [0.15, 0.2) is 28.4 Å². The molecule has 20 heavy (non-hydrogen) atoms. The molecular weight excluding hydrogens is 268 g/mol. The number of nitrogens with zero attached hydrogens (tertiary/aromatic N) is 1. The Morgan fingerprint density at radius 2 is 2.05 bits per heavy atom. The molecule has 4 N–H and O–H groups in total. The molecule has 1 aliphatic heterocycles. The molecule has 0 bridgehead atoms. The van der Waals surface area contributed by atoms with Crippen LogP contribution in [0, 0.1) is 0 Å². The lowest BCUT2D eigenvalue weighted by Gasteiger charge is -2.21. The van der Waals surface area contributed by atoms with Crippen molar-refractivity contribution >= 4 is 24.1 Å².